The highest BCUT2D eigenvalue weighted by atomic mass is 79.9. The summed E-state index contributed by atoms with van der Waals surface area (Å²) in [6.07, 6.45) is 1.75. The van der Waals surface area contributed by atoms with Crippen LogP contribution in [-0.2, 0) is 13.1 Å². The fourth-order valence-corrected chi connectivity index (χ4v) is 2.73. The van der Waals surface area contributed by atoms with Crippen LogP contribution in [0.25, 0.3) is 0 Å². The quantitative estimate of drug-likeness (QED) is 0.796. The smallest absolute Gasteiger partial charge is 0.256 e. The molecule has 2 heterocycles. The van der Waals surface area contributed by atoms with Gasteiger partial charge in [-0.3, -0.25) is 9.78 Å². The maximum atomic E-state index is 12.5. The van der Waals surface area contributed by atoms with E-state index in [1.54, 1.807) is 23.2 Å². The summed E-state index contributed by atoms with van der Waals surface area (Å²) in [5, 5.41) is 0.470. The van der Waals surface area contributed by atoms with Crippen LogP contribution in [0.15, 0.2) is 41.0 Å². The average molecular weight is 338 g/mol. The van der Waals surface area contributed by atoms with Crippen molar-refractivity contribution in [2.75, 3.05) is 0 Å². The van der Waals surface area contributed by atoms with Crippen molar-refractivity contribution in [2.24, 2.45) is 0 Å². The lowest BCUT2D eigenvalue weighted by atomic mass is 10.2. The Labute approximate surface area is 124 Å². The van der Waals surface area contributed by atoms with Crippen molar-refractivity contribution < 1.29 is 4.79 Å². The molecule has 0 saturated carbocycles. The molecule has 0 N–H and O–H groups in total. The van der Waals surface area contributed by atoms with E-state index >= 15 is 0 Å². The van der Waals surface area contributed by atoms with Crippen molar-refractivity contribution in [2.45, 2.75) is 13.1 Å². The molecule has 1 amide bonds. The summed E-state index contributed by atoms with van der Waals surface area (Å²) in [6, 6.07) is 9.18. The summed E-state index contributed by atoms with van der Waals surface area (Å²) in [4.78, 5) is 18.5. The molecule has 3 rings (SSSR count). The number of hydrogen-bond acceptors (Lipinski definition) is 2. The highest BCUT2D eigenvalue weighted by Crippen LogP contribution is 2.26. The second-order valence-electron chi connectivity index (χ2n) is 4.39. The molecule has 0 aliphatic carbocycles. The molecule has 96 valence electrons. The minimum atomic E-state index is -0.0655. The molecule has 0 fully saturated rings. The molecule has 0 bridgehead atoms. The van der Waals surface area contributed by atoms with Crippen LogP contribution in [0, 0.1) is 0 Å². The van der Waals surface area contributed by atoms with Gasteiger partial charge in [-0.15, -0.1) is 0 Å². The third-order valence-electron chi connectivity index (χ3n) is 3.13. The second-order valence-corrected chi connectivity index (χ2v) is 5.72. The van der Waals surface area contributed by atoms with Gasteiger partial charge in [0.25, 0.3) is 5.91 Å². The molecule has 0 saturated heterocycles. The standard InChI is InChI=1S/C14H10BrClN2O/c15-10-3-4-12(16)11(6-10)14(19)18-7-9-2-1-5-17-13(9)8-18/h1-6H,7-8H2. The number of rotatable bonds is 1. The first kappa shape index (κ1) is 12.6. The number of carbonyl (C=O) groups excluding carboxylic acids is 1. The van der Waals surface area contributed by atoms with Crippen LogP contribution in [0.2, 0.25) is 5.02 Å². The van der Waals surface area contributed by atoms with Crippen LogP contribution in [-0.4, -0.2) is 15.8 Å². The Balaban J connectivity index is 1.89. The van der Waals surface area contributed by atoms with Crippen LogP contribution in [0.5, 0.6) is 0 Å². The van der Waals surface area contributed by atoms with E-state index in [0.29, 0.717) is 23.7 Å². The highest BCUT2D eigenvalue weighted by Gasteiger charge is 2.26. The molecule has 1 aliphatic rings. The van der Waals surface area contributed by atoms with Gasteiger partial charge in [0.15, 0.2) is 0 Å². The molecule has 0 spiro atoms. The largest absolute Gasteiger partial charge is 0.328 e. The van der Waals surface area contributed by atoms with E-state index in [2.05, 4.69) is 20.9 Å². The topological polar surface area (TPSA) is 33.2 Å². The molecular weight excluding hydrogens is 328 g/mol. The summed E-state index contributed by atoms with van der Waals surface area (Å²) in [5.41, 5.74) is 2.58. The minimum absolute atomic E-state index is 0.0655. The van der Waals surface area contributed by atoms with Gasteiger partial charge in [-0.1, -0.05) is 33.6 Å². The van der Waals surface area contributed by atoms with Crippen molar-refractivity contribution in [3.05, 3.63) is 62.8 Å². The zero-order chi connectivity index (χ0) is 13.4. The lowest BCUT2D eigenvalue weighted by molar-refractivity contribution is 0.0750. The number of amides is 1. The van der Waals surface area contributed by atoms with Gasteiger partial charge < -0.3 is 4.90 Å². The Kier molecular flexibility index (Phi) is 3.29. The van der Waals surface area contributed by atoms with E-state index < -0.39 is 0 Å². The summed E-state index contributed by atoms with van der Waals surface area (Å²) < 4.78 is 0.843. The average Bonchev–Trinajstić information content (AvgIpc) is 2.84. The lowest BCUT2D eigenvalue weighted by Gasteiger charge is -2.16. The first-order chi connectivity index (χ1) is 9.15. The van der Waals surface area contributed by atoms with Crippen molar-refractivity contribution in [1.29, 1.82) is 0 Å². The zero-order valence-electron chi connectivity index (χ0n) is 9.94. The van der Waals surface area contributed by atoms with Gasteiger partial charge in [0.05, 0.1) is 22.8 Å². The molecule has 0 atom stereocenters. The number of carbonyl (C=O) groups is 1. The number of nitrogens with zero attached hydrogens (tertiary/aromatic N) is 2. The Morgan fingerprint density at radius 3 is 2.95 bits per heavy atom. The number of pyridine rings is 1. The minimum Gasteiger partial charge on any atom is -0.328 e. The van der Waals surface area contributed by atoms with E-state index in [0.717, 1.165) is 15.7 Å². The molecular formula is C14H10BrClN2O. The van der Waals surface area contributed by atoms with E-state index in [4.69, 9.17) is 11.6 Å². The maximum Gasteiger partial charge on any atom is 0.256 e. The molecule has 2 aromatic rings. The number of fused-ring (bicyclic) bond motifs is 1. The Bertz CT molecular complexity index is 635. The molecule has 1 aliphatic heterocycles. The van der Waals surface area contributed by atoms with Crippen molar-refractivity contribution in [1.82, 2.24) is 9.88 Å². The molecule has 5 heteroatoms. The molecule has 1 aromatic heterocycles. The van der Waals surface area contributed by atoms with Crippen LogP contribution in [0.4, 0.5) is 0 Å². The van der Waals surface area contributed by atoms with E-state index in [1.165, 1.54) is 0 Å². The van der Waals surface area contributed by atoms with Crippen LogP contribution >= 0.6 is 27.5 Å². The molecule has 1 aromatic carbocycles. The van der Waals surface area contributed by atoms with Crippen LogP contribution in [0.1, 0.15) is 21.6 Å². The van der Waals surface area contributed by atoms with E-state index in [1.807, 2.05) is 18.2 Å². The Hall–Kier alpha value is -1.39. The normalized spacial score (nSPS) is 13.5. The summed E-state index contributed by atoms with van der Waals surface area (Å²) in [5.74, 6) is -0.0655. The number of benzene rings is 1. The predicted octanol–water partition coefficient (Wildman–Crippen LogP) is 3.65. The fourth-order valence-electron chi connectivity index (χ4n) is 2.18. The fraction of sp³-hybridized carbons (Fsp3) is 0.143. The van der Waals surface area contributed by atoms with Gasteiger partial charge in [0, 0.05) is 17.2 Å². The first-order valence-electron chi connectivity index (χ1n) is 5.82. The lowest BCUT2D eigenvalue weighted by Crippen LogP contribution is -2.25. The molecule has 0 radical (unpaired) electrons. The van der Waals surface area contributed by atoms with Crippen LogP contribution < -0.4 is 0 Å². The summed E-state index contributed by atoms with van der Waals surface area (Å²) >= 11 is 9.46. The van der Waals surface area contributed by atoms with Crippen molar-refractivity contribution >= 4 is 33.4 Å². The van der Waals surface area contributed by atoms with Gasteiger partial charge in [0.1, 0.15) is 0 Å². The number of halogens is 2. The first-order valence-corrected chi connectivity index (χ1v) is 6.99. The highest BCUT2D eigenvalue weighted by molar-refractivity contribution is 9.10. The monoisotopic (exact) mass is 336 g/mol. The second kappa shape index (κ2) is 4.94. The van der Waals surface area contributed by atoms with E-state index in [-0.39, 0.29) is 5.91 Å². The summed E-state index contributed by atoms with van der Waals surface area (Å²) in [7, 11) is 0. The van der Waals surface area contributed by atoms with Crippen molar-refractivity contribution in [3.63, 3.8) is 0 Å². The van der Waals surface area contributed by atoms with Crippen molar-refractivity contribution in [3.8, 4) is 0 Å². The summed E-state index contributed by atoms with van der Waals surface area (Å²) in [6.45, 7) is 1.13. The third-order valence-corrected chi connectivity index (χ3v) is 3.96. The van der Waals surface area contributed by atoms with Crippen LogP contribution in [0.3, 0.4) is 0 Å². The Morgan fingerprint density at radius 2 is 2.16 bits per heavy atom. The molecule has 3 nitrogen and oxygen atoms in total. The number of aromatic nitrogens is 1. The SMILES string of the molecule is O=C(c1cc(Br)ccc1Cl)N1Cc2cccnc2C1. The number of hydrogen-bond donors (Lipinski definition) is 0. The Morgan fingerprint density at radius 1 is 1.32 bits per heavy atom. The third kappa shape index (κ3) is 2.38. The molecule has 19 heavy (non-hydrogen) atoms. The van der Waals surface area contributed by atoms with E-state index in [9.17, 15) is 4.79 Å². The zero-order valence-corrected chi connectivity index (χ0v) is 12.3. The van der Waals surface area contributed by atoms with Gasteiger partial charge in [-0.2, -0.15) is 0 Å². The van der Waals surface area contributed by atoms with Gasteiger partial charge in [-0.05, 0) is 29.8 Å². The van der Waals surface area contributed by atoms with Gasteiger partial charge in [-0.25, -0.2) is 0 Å². The molecule has 0 unspecified atom stereocenters. The maximum absolute atomic E-state index is 12.5. The van der Waals surface area contributed by atoms with Gasteiger partial charge in [0.2, 0.25) is 0 Å². The predicted molar refractivity (Wildman–Crippen MR) is 77.0 cm³/mol. The van der Waals surface area contributed by atoms with Gasteiger partial charge >= 0.3 is 0 Å².